The lowest BCUT2D eigenvalue weighted by atomic mass is 10.1. The topological polar surface area (TPSA) is 83.8 Å². The number of sulfonamides is 1. The third kappa shape index (κ3) is 5.33. The van der Waals surface area contributed by atoms with Gasteiger partial charge in [0.15, 0.2) is 0 Å². The second-order valence-electron chi connectivity index (χ2n) is 9.07. The number of anilines is 1. The van der Waals surface area contributed by atoms with Crippen molar-refractivity contribution in [1.82, 2.24) is 9.99 Å². The number of hydrogen-bond donors (Lipinski definition) is 1. The number of nitrogens with zero attached hydrogens (tertiary/aromatic N) is 3. The Bertz CT molecular complexity index is 1560. The Hall–Kier alpha value is -3.91. The summed E-state index contributed by atoms with van der Waals surface area (Å²) in [4.78, 5) is 12.7. The lowest BCUT2D eigenvalue weighted by Crippen LogP contribution is -2.39. The Balaban J connectivity index is 1.54. The summed E-state index contributed by atoms with van der Waals surface area (Å²) in [6.45, 7) is 7.78. The molecule has 0 atom stereocenters. The number of aryl methyl sites for hydroxylation is 3. The van der Waals surface area contributed by atoms with Crippen LogP contribution in [0.2, 0.25) is 0 Å². The molecule has 0 bridgehead atoms. The number of rotatable bonds is 7. The number of hydrogen-bond acceptors (Lipinski definition) is 4. The summed E-state index contributed by atoms with van der Waals surface area (Å²) in [5.74, 6) is -0.535. The summed E-state index contributed by atoms with van der Waals surface area (Å²) < 4.78 is 28.4. The van der Waals surface area contributed by atoms with Gasteiger partial charge in [-0.1, -0.05) is 42.5 Å². The highest BCUT2D eigenvalue weighted by atomic mass is 32.2. The molecule has 0 aliphatic carbocycles. The molecule has 0 unspecified atom stereocenters. The maximum absolute atomic E-state index is 12.7. The molecule has 1 aromatic heterocycles. The minimum absolute atomic E-state index is 0.383. The van der Waals surface area contributed by atoms with Crippen molar-refractivity contribution in [2.24, 2.45) is 5.10 Å². The third-order valence-corrected chi connectivity index (χ3v) is 7.18. The van der Waals surface area contributed by atoms with Crippen LogP contribution >= 0.6 is 0 Å². The maximum Gasteiger partial charge on any atom is 0.260 e. The Labute approximate surface area is 212 Å². The first-order valence-electron chi connectivity index (χ1n) is 11.6. The maximum atomic E-state index is 12.7. The first-order chi connectivity index (χ1) is 17.0. The number of amides is 1. The second-order valence-corrected chi connectivity index (χ2v) is 11.0. The molecule has 0 fully saturated rings. The molecule has 4 rings (SSSR count). The molecule has 36 heavy (non-hydrogen) atoms. The van der Waals surface area contributed by atoms with Crippen LogP contribution in [0.25, 0.3) is 16.5 Å². The molecule has 0 aliphatic heterocycles. The Morgan fingerprint density at radius 1 is 0.972 bits per heavy atom. The van der Waals surface area contributed by atoms with Gasteiger partial charge in [0.05, 0.1) is 18.2 Å². The fourth-order valence-corrected chi connectivity index (χ4v) is 5.41. The second kappa shape index (κ2) is 9.99. The minimum Gasteiger partial charge on any atom is -0.318 e. The molecule has 0 saturated heterocycles. The van der Waals surface area contributed by atoms with E-state index in [0.717, 1.165) is 44.0 Å². The van der Waals surface area contributed by atoms with Crippen molar-refractivity contribution in [3.8, 4) is 5.69 Å². The van der Waals surface area contributed by atoms with Gasteiger partial charge in [0, 0.05) is 28.0 Å². The molecule has 0 aliphatic rings. The number of aromatic nitrogens is 1. The van der Waals surface area contributed by atoms with Gasteiger partial charge in [0.1, 0.15) is 6.54 Å². The molecule has 0 radical (unpaired) electrons. The largest absolute Gasteiger partial charge is 0.318 e. The molecule has 4 aromatic rings. The van der Waals surface area contributed by atoms with Crippen LogP contribution in [0, 0.1) is 27.7 Å². The van der Waals surface area contributed by atoms with E-state index >= 15 is 0 Å². The van der Waals surface area contributed by atoms with Gasteiger partial charge < -0.3 is 4.57 Å². The Kier molecular flexibility index (Phi) is 6.99. The molecule has 0 spiro atoms. The average molecular weight is 503 g/mol. The van der Waals surface area contributed by atoms with Crippen molar-refractivity contribution in [1.29, 1.82) is 0 Å². The molecule has 1 amide bonds. The van der Waals surface area contributed by atoms with Crippen LogP contribution in [0.15, 0.2) is 71.8 Å². The van der Waals surface area contributed by atoms with Crippen LogP contribution in [0.3, 0.4) is 0 Å². The number of nitrogens with one attached hydrogen (secondary N) is 1. The van der Waals surface area contributed by atoms with Gasteiger partial charge in [-0.05, 0) is 68.5 Å². The molecular weight excluding hydrogens is 472 g/mol. The van der Waals surface area contributed by atoms with E-state index in [-0.39, 0.29) is 6.54 Å². The van der Waals surface area contributed by atoms with Crippen molar-refractivity contribution in [3.05, 3.63) is 94.8 Å². The summed E-state index contributed by atoms with van der Waals surface area (Å²) in [7, 11) is -3.71. The fourth-order valence-electron chi connectivity index (χ4n) is 4.54. The SMILES string of the molecule is Cc1cc(C)cc(-n2c(C)cc(/C=N\NC(=O)CN(c3cccc4ccccc34)S(C)(=O)=O)c2C)c1. The Morgan fingerprint density at radius 3 is 2.33 bits per heavy atom. The summed E-state index contributed by atoms with van der Waals surface area (Å²) in [6.07, 6.45) is 2.68. The molecule has 8 heteroatoms. The number of carbonyl (C=O) groups excluding carboxylic acids is 1. The van der Waals surface area contributed by atoms with Gasteiger partial charge in [0.25, 0.3) is 5.91 Å². The number of benzene rings is 3. The van der Waals surface area contributed by atoms with Gasteiger partial charge in [-0.2, -0.15) is 5.10 Å². The lowest BCUT2D eigenvalue weighted by Gasteiger charge is -2.23. The van der Waals surface area contributed by atoms with Crippen molar-refractivity contribution in [2.75, 3.05) is 17.1 Å². The standard InChI is InChI=1S/C28H30N4O3S/c1-19-13-20(2)15-25(14-19)32-21(3)16-24(22(32)4)17-29-30-28(33)18-31(36(5,34)35)27-12-8-10-23-9-6-7-11-26(23)27/h6-17H,18H2,1-5H3,(H,30,33)/b29-17-. The van der Waals surface area contributed by atoms with Crippen molar-refractivity contribution >= 4 is 38.6 Å². The van der Waals surface area contributed by atoms with Gasteiger partial charge in [-0.3, -0.25) is 9.10 Å². The van der Waals surface area contributed by atoms with Crippen molar-refractivity contribution in [2.45, 2.75) is 27.7 Å². The molecule has 3 aromatic carbocycles. The number of carbonyl (C=O) groups is 1. The molecule has 1 N–H and O–H groups in total. The van der Waals surface area contributed by atoms with Crippen LogP contribution < -0.4 is 9.73 Å². The highest BCUT2D eigenvalue weighted by Gasteiger charge is 2.22. The quantitative estimate of drug-likeness (QED) is 0.292. The van der Waals surface area contributed by atoms with Gasteiger partial charge in [-0.15, -0.1) is 0 Å². The van der Waals surface area contributed by atoms with E-state index < -0.39 is 15.9 Å². The van der Waals surface area contributed by atoms with Crippen molar-refractivity contribution < 1.29 is 13.2 Å². The molecule has 186 valence electrons. The van der Waals surface area contributed by atoms with E-state index in [1.54, 1.807) is 18.3 Å². The Morgan fingerprint density at radius 2 is 1.64 bits per heavy atom. The van der Waals surface area contributed by atoms with Gasteiger partial charge in [-0.25, -0.2) is 13.8 Å². The molecule has 0 saturated carbocycles. The van der Waals surface area contributed by atoms with Crippen LogP contribution in [-0.4, -0.2) is 37.9 Å². The van der Waals surface area contributed by atoms with Crippen LogP contribution in [0.1, 0.15) is 28.1 Å². The third-order valence-electron chi connectivity index (χ3n) is 6.05. The van der Waals surface area contributed by atoms with E-state index in [1.165, 1.54) is 11.1 Å². The zero-order valence-corrected chi connectivity index (χ0v) is 21.9. The summed E-state index contributed by atoms with van der Waals surface area (Å²) in [6, 6.07) is 21.2. The normalized spacial score (nSPS) is 11.8. The fraction of sp³-hybridized carbons (Fsp3) is 0.214. The highest BCUT2D eigenvalue weighted by Crippen LogP contribution is 2.28. The van der Waals surface area contributed by atoms with Gasteiger partial charge >= 0.3 is 0 Å². The van der Waals surface area contributed by atoms with Crippen LogP contribution in [0.5, 0.6) is 0 Å². The molecular formula is C28H30N4O3S. The summed E-state index contributed by atoms with van der Waals surface area (Å²) in [5.41, 5.74) is 9.27. The van der Waals surface area contributed by atoms with Gasteiger partial charge in [0.2, 0.25) is 10.0 Å². The van der Waals surface area contributed by atoms with Crippen molar-refractivity contribution in [3.63, 3.8) is 0 Å². The molecule has 7 nitrogen and oxygen atoms in total. The van der Waals surface area contributed by atoms with E-state index in [0.29, 0.717) is 5.69 Å². The summed E-state index contributed by atoms with van der Waals surface area (Å²) >= 11 is 0. The smallest absolute Gasteiger partial charge is 0.260 e. The average Bonchev–Trinajstić information content (AvgIpc) is 3.08. The first-order valence-corrected chi connectivity index (χ1v) is 13.4. The zero-order chi connectivity index (χ0) is 26.0. The number of fused-ring (bicyclic) bond motifs is 1. The predicted molar refractivity (Wildman–Crippen MR) is 147 cm³/mol. The highest BCUT2D eigenvalue weighted by molar-refractivity contribution is 7.92. The zero-order valence-electron chi connectivity index (χ0n) is 21.1. The lowest BCUT2D eigenvalue weighted by molar-refractivity contribution is -0.119. The first kappa shape index (κ1) is 25.2. The van der Waals surface area contributed by atoms with Crippen LogP contribution in [-0.2, 0) is 14.8 Å². The van der Waals surface area contributed by atoms with E-state index in [4.69, 9.17) is 0 Å². The van der Waals surface area contributed by atoms with E-state index in [9.17, 15) is 13.2 Å². The predicted octanol–water partition coefficient (Wildman–Crippen LogP) is 4.78. The van der Waals surface area contributed by atoms with E-state index in [2.05, 4.69) is 47.1 Å². The molecule has 1 heterocycles. The van der Waals surface area contributed by atoms with E-state index in [1.807, 2.05) is 50.2 Å². The minimum atomic E-state index is -3.71. The van der Waals surface area contributed by atoms with Crippen LogP contribution in [0.4, 0.5) is 5.69 Å². The number of hydrazone groups is 1. The summed E-state index contributed by atoms with van der Waals surface area (Å²) in [5, 5.41) is 5.76. The monoisotopic (exact) mass is 502 g/mol.